The van der Waals surface area contributed by atoms with Crippen molar-refractivity contribution in [3.05, 3.63) is 70.3 Å². The normalized spacial score (nSPS) is 11.6. The van der Waals surface area contributed by atoms with Gasteiger partial charge in [-0.25, -0.2) is 15.0 Å². The third-order valence-corrected chi connectivity index (χ3v) is 6.63. The molecular weight excluding hydrogens is 438 g/mol. The molecule has 2 aromatic carbocycles. The molecule has 0 unspecified atom stereocenters. The first-order valence-corrected chi connectivity index (χ1v) is 12.4. The van der Waals surface area contributed by atoms with E-state index in [1.807, 2.05) is 64.6 Å². The van der Waals surface area contributed by atoms with Crippen molar-refractivity contribution in [2.24, 2.45) is 0 Å². The quantitative estimate of drug-likeness (QED) is 0.262. The zero-order chi connectivity index (χ0) is 24.4. The first-order chi connectivity index (χ1) is 17.1. The van der Waals surface area contributed by atoms with Crippen molar-refractivity contribution in [2.45, 2.75) is 59.0 Å². The fraction of sp³-hybridized carbons (Fsp3) is 0.357. The van der Waals surface area contributed by atoms with E-state index in [1.165, 1.54) is 19.3 Å². The predicted molar refractivity (Wildman–Crippen MR) is 140 cm³/mol. The second-order valence-corrected chi connectivity index (χ2v) is 9.05. The summed E-state index contributed by atoms with van der Waals surface area (Å²) in [4.78, 5) is 28.5. The SMILES string of the molecule is CCCCCCCn1c(C)nc2c(c1=O)c1nc3ccccc3nc1n2Cc1ccc(OC)cc1. The summed E-state index contributed by atoms with van der Waals surface area (Å²) >= 11 is 0. The number of aryl methyl sites for hydroxylation is 1. The molecule has 0 saturated carbocycles. The molecule has 3 aromatic heterocycles. The van der Waals surface area contributed by atoms with Crippen LogP contribution in [0.4, 0.5) is 0 Å². The Hall–Kier alpha value is -3.74. The van der Waals surface area contributed by atoms with Crippen molar-refractivity contribution < 1.29 is 4.74 Å². The van der Waals surface area contributed by atoms with E-state index in [0.29, 0.717) is 35.3 Å². The highest BCUT2D eigenvalue weighted by atomic mass is 16.5. The number of fused-ring (bicyclic) bond motifs is 4. The van der Waals surface area contributed by atoms with Gasteiger partial charge >= 0.3 is 0 Å². The predicted octanol–water partition coefficient (Wildman–Crippen LogP) is 5.63. The summed E-state index contributed by atoms with van der Waals surface area (Å²) in [5.74, 6) is 1.53. The Morgan fingerprint density at radius 1 is 0.829 bits per heavy atom. The Bertz CT molecular complexity index is 1550. The van der Waals surface area contributed by atoms with Gasteiger partial charge in [0.1, 0.15) is 22.5 Å². The van der Waals surface area contributed by atoms with Crippen molar-refractivity contribution in [3.63, 3.8) is 0 Å². The van der Waals surface area contributed by atoms with Gasteiger partial charge in [0, 0.05) is 6.54 Å². The highest BCUT2D eigenvalue weighted by Crippen LogP contribution is 2.27. The number of nitrogens with zero attached hydrogens (tertiary/aromatic N) is 5. The van der Waals surface area contributed by atoms with E-state index in [4.69, 9.17) is 19.7 Å². The lowest BCUT2D eigenvalue weighted by atomic mass is 10.1. The van der Waals surface area contributed by atoms with Crippen molar-refractivity contribution in [3.8, 4) is 5.75 Å². The average molecular weight is 470 g/mol. The zero-order valence-corrected chi connectivity index (χ0v) is 20.6. The molecule has 0 amide bonds. The maximum atomic E-state index is 13.8. The minimum absolute atomic E-state index is 0.0361. The highest BCUT2D eigenvalue weighted by Gasteiger charge is 2.21. The molecule has 0 radical (unpaired) electrons. The number of benzene rings is 2. The van der Waals surface area contributed by atoms with Gasteiger partial charge in [0.05, 0.1) is 24.7 Å². The maximum Gasteiger partial charge on any atom is 0.265 e. The van der Waals surface area contributed by atoms with Gasteiger partial charge in [-0.1, -0.05) is 56.9 Å². The highest BCUT2D eigenvalue weighted by molar-refractivity contribution is 6.04. The minimum Gasteiger partial charge on any atom is -0.497 e. The van der Waals surface area contributed by atoms with Crippen molar-refractivity contribution >= 4 is 33.2 Å². The van der Waals surface area contributed by atoms with Crippen LogP contribution < -0.4 is 10.3 Å². The van der Waals surface area contributed by atoms with Gasteiger partial charge in [0.25, 0.3) is 5.56 Å². The van der Waals surface area contributed by atoms with Gasteiger partial charge in [-0.2, -0.15) is 0 Å². The van der Waals surface area contributed by atoms with Gasteiger partial charge in [0.15, 0.2) is 11.3 Å². The molecule has 0 aliphatic rings. The van der Waals surface area contributed by atoms with Gasteiger partial charge in [0.2, 0.25) is 0 Å². The largest absolute Gasteiger partial charge is 0.497 e. The van der Waals surface area contributed by atoms with E-state index in [-0.39, 0.29) is 5.56 Å². The zero-order valence-electron chi connectivity index (χ0n) is 20.6. The van der Waals surface area contributed by atoms with E-state index in [0.717, 1.165) is 41.0 Å². The third kappa shape index (κ3) is 4.38. The van der Waals surface area contributed by atoms with Gasteiger partial charge < -0.3 is 9.30 Å². The number of hydrogen-bond donors (Lipinski definition) is 0. The van der Waals surface area contributed by atoms with Gasteiger partial charge in [-0.3, -0.25) is 9.36 Å². The average Bonchev–Trinajstić information content (AvgIpc) is 3.16. The Labute approximate surface area is 204 Å². The molecule has 0 aliphatic carbocycles. The molecule has 35 heavy (non-hydrogen) atoms. The van der Waals surface area contributed by atoms with Crippen LogP contribution in [0, 0.1) is 6.92 Å². The summed E-state index contributed by atoms with van der Waals surface area (Å²) < 4.78 is 9.13. The van der Waals surface area contributed by atoms with E-state index < -0.39 is 0 Å². The third-order valence-electron chi connectivity index (χ3n) is 6.63. The molecule has 7 nitrogen and oxygen atoms in total. The molecule has 5 aromatic rings. The van der Waals surface area contributed by atoms with Crippen LogP contribution in [-0.2, 0) is 13.1 Å². The van der Waals surface area contributed by atoms with Crippen molar-refractivity contribution in [1.29, 1.82) is 0 Å². The first kappa shape index (κ1) is 23.0. The number of hydrogen-bond acceptors (Lipinski definition) is 5. The molecule has 0 N–H and O–H groups in total. The summed E-state index contributed by atoms with van der Waals surface area (Å²) in [7, 11) is 1.66. The van der Waals surface area contributed by atoms with Crippen LogP contribution in [0.25, 0.3) is 33.2 Å². The molecular formula is C28H31N5O2. The number of methoxy groups -OCH3 is 1. The van der Waals surface area contributed by atoms with E-state index in [2.05, 4.69) is 6.92 Å². The Morgan fingerprint density at radius 2 is 1.54 bits per heavy atom. The molecule has 5 rings (SSSR count). The van der Waals surface area contributed by atoms with Gasteiger partial charge in [-0.05, 0) is 43.2 Å². The summed E-state index contributed by atoms with van der Waals surface area (Å²) in [5, 5.41) is 0.547. The number of rotatable bonds is 9. The Morgan fingerprint density at radius 3 is 2.26 bits per heavy atom. The molecule has 3 heterocycles. The van der Waals surface area contributed by atoms with Crippen LogP contribution in [0.1, 0.15) is 50.4 Å². The molecule has 0 saturated heterocycles. The number of unbranched alkanes of at least 4 members (excludes halogenated alkanes) is 4. The minimum atomic E-state index is -0.0361. The first-order valence-electron chi connectivity index (χ1n) is 12.4. The topological polar surface area (TPSA) is 74.8 Å². The number of para-hydroxylation sites is 2. The van der Waals surface area contributed by atoms with Crippen LogP contribution in [0.5, 0.6) is 5.75 Å². The van der Waals surface area contributed by atoms with Crippen molar-refractivity contribution in [2.75, 3.05) is 7.11 Å². The van der Waals surface area contributed by atoms with Crippen LogP contribution in [-0.4, -0.2) is 31.2 Å². The lowest BCUT2D eigenvalue weighted by molar-refractivity contribution is 0.414. The number of ether oxygens (including phenoxy) is 1. The molecule has 0 bridgehead atoms. The smallest absolute Gasteiger partial charge is 0.265 e. The summed E-state index contributed by atoms with van der Waals surface area (Å²) in [5.41, 5.74) is 4.53. The molecule has 0 fully saturated rings. The second-order valence-electron chi connectivity index (χ2n) is 9.05. The Balaban J connectivity index is 1.67. The standard InChI is InChI=1S/C28H31N5O2/c1-4-5-6-7-10-17-32-19(2)29-26-24(28(32)34)25-27(31-23-12-9-8-11-22(23)30-25)33(26)18-20-13-15-21(35-3)16-14-20/h8-9,11-16H,4-7,10,17-18H2,1-3H3. The molecule has 0 spiro atoms. The summed E-state index contributed by atoms with van der Waals surface area (Å²) in [6.45, 7) is 5.33. The molecule has 0 atom stereocenters. The second kappa shape index (κ2) is 9.86. The summed E-state index contributed by atoms with van der Waals surface area (Å²) in [6, 6.07) is 15.7. The molecule has 180 valence electrons. The maximum absolute atomic E-state index is 13.8. The fourth-order valence-corrected chi connectivity index (χ4v) is 4.70. The number of aromatic nitrogens is 5. The summed E-state index contributed by atoms with van der Waals surface area (Å²) in [6.07, 6.45) is 5.70. The lowest BCUT2D eigenvalue weighted by Crippen LogP contribution is -2.24. The lowest BCUT2D eigenvalue weighted by Gasteiger charge is -2.11. The molecule has 7 heteroatoms. The Kier molecular flexibility index (Phi) is 6.49. The molecule has 0 aliphatic heterocycles. The van der Waals surface area contributed by atoms with Crippen LogP contribution in [0.15, 0.2) is 53.3 Å². The van der Waals surface area contributed by atoms with Crippen LogP contribution >= 0.6 is 0 Å². The van der Waals surface area contributed by atoms with Crippen LogP contribution in [0.3, 0.4) is 0 Å². The van der Waals surface area contributed by atoms with E-state index in [1.54, 1.807) is 7.11 Å². The fourth-order valence-electron chi connectivity index (χ4n) is 4.70. The van der Waals surface area contributed by atoms with E-state index in [9.17, 15) is 4.79 Å². The van der Waals surface area contributed by atoms with E-state index >= 15 is 0 Å². The van der Waals surface area contributed by atoms with Gasteiger partial charge in [-0.15, -0.1) is 0 Å². The monoisotopic (exact) mass is 469 g/mol. The van der Waals surface area contributed by atoms with Crippen molar-refractivity contribution in [1.82, 2.24) is 24.1 Å². The van der Waals surface area contributed by atoms with Crippen LogP contribution in [0.2, 0.25) is 0 Å².